The summed E-state index contributed by atoms with van der Waals surface area (Å²) < 4.78 is 5.56. The number of methoxy groups -OCH3 is 1. The van der Waals surface area contributed by atoms with Crippen LogP contribution in [-0.4, -0.2) is 25.4 Å². The lowest BCUT2D eigenvalue weighted by atomic mass is 10.2. The maximum absolute atomic E-state index is 11.0. The fourth-order valence-corrected chi connectivity index (χ4v) is 1.17. The van der Waals surface area contributed by atoms with Crippen molar-refractivity contribution >= 4 is 11.7 Å². The summed E-state index contributed by atoms with van der Waals surface area (Å²) in [6.07, 6.45) is 2.80. The molecule has 1 aromatic heterocycles. The van der Waals surface area contributed by atoms with E-state index in [1.807, 2.05) is 0 Å². The zero-order valence-corrected chi connectivity index (χ0v) is 8.12. The lowest BCUT2D eigenvalue weighted by Crippen LogP contribution is -2.29. The van der Waals surface area contributed by atoms with Gasteiger partial charge in [0.25, 0.3) is 0 Å². The number of pyridine rings is 1. The first-order valence-electron chi connectivity index (χ1n) is 4.34. The predicted octanol–water partition coefficient (Wildman–Crippen LogP) is -0.355. The normalized spacial score (nSPS) is 14.5. The number of hydrogen-bond acceptors (Lipinski definition) is 4. The zero-order chi connectivity index (χ0) is 10.7. The molecule has 0 N–H and O–H groups in total. The lowest BCUT2D eigenvalue weighted by molar-refractivity contribution is -0.605. The molecule has 15 heavy (non-hydrogen) atoms. The first kappa shape index (κ1) is 9.60. The monoisotopic (exact) mass is 205 g/mol. The molecule has 1 radical (unpaired) electrons. The molecule has 0 amide bonds. The average Bonchev–Trinajstić information content (AvgIpc) is 2.67. The molecule has 6 nitrogen and oxygen atoms in total. The molecule has 0 unspecified atom stereocenters. The summed E-state index contributed by atoms with van der Waals surface area (Å²) in [7, 11) is 1.56. The number of aromatic nitrogens is 1. The number of rotatable bonds is 3. The number of ether oxygens (including phenoxy) is 1. The molecule has 77 valence electrons. The van der Waals surface area contributed by atoms with Crippen molar-refractivity contribution in [1.82, 2.24) is 5.32 Å². The van der Waals surface area contributed by atoms with Crippen molar-refractivity contribution in [2.75, 3.05) is 13.7 Å². The highest BCUT2D eigenvalue weighted by Crippen LogP contribution is 2.02. The zero-order valence-electron chi connectivity index (χ0n) is 8.12. The van der Waals surface area contributed by atoms with Gasteiger partial charge in [0.1, 0.15) is 6.61 Å². The second kappa shape index (κ2) is 4.05. The van der Waals surface area contributed by atoms with E-state index in [1.54, 1.807) is 19.2 Å². The summed E-state index contributed by atoms with van der Waals surface area (Å²) in [5.74, 6) is 0.945. The van der Waals surface area contributed by atoms with Gasteiger partial charge < -0.3 is 9.94 Å². The van der Waals surface area contributed by atoms with E-state index in [0.717, 1.165) is 0 Å². The summed E-state index contributed by atoms with van der Waals surface area (Å²) in [5.41, 5.74) is 0.641. The van der Waals surface area contributed by atoms with Gasteiger partial charge in [0.05, 0.1) is 5.56 Å². The predicted molar refractivity (Wildman–Crippen MR) is 53.4 cm³/mol. The van der Waals surface area contributed by atoms with Crippen LogP contribution < -0.4 is 10.0 Å². The number of hydrogen-bond donors (Lipinski definition) is 0. The average molecular weight is 205 g/mol. The SMILES string of the molecule is COCC1=NN=C(c2ccc[n+]([O-])c2)[N]1. The van der Waals surface area contributed by atoms with Crippen molar-refractivity contribution in [2.45, 2.75) is 0 Å². The van der Waals surface area contributed by atoms with Crippen LogP contribution in [0.25, 0.3) is 0 Å². The van der Waals surface area contributed by atoms with Gasteiger partial charge in [0.2, 0.25) is 0 Å². The van der Waals surface area contributed by atoms with E-state index >= 15 is 0 Å². The Balaban J connectivity index is 2.10. The lowest BCUT2D eigenvalue weighted by Gasteiger charge is -2.00. The molecule has 0 aromatic carbocycles. The van der Waals surface area contributed by atoms with E-state index in [-0.39, 0.29) is 0 Å². The van der Waals surface area contributed by atoms with Crippen LogP contribution in [0.1, 0.15) is 5.56 Å². The van der Waals surface area contributed by atoms with Crippen LogP contribution in [0, 0.1) is 5.21 Å². The highest BCUT2D eigenvalue weighted by molar-refractivity contribution is 6.11. The fourth-order valence-electron chi connectivity index (χ4n) is 1.17. The molecule has 1 aromatic rings. The van der Waals surface area contributed by atoms with Gasteiger partial charge in [0, 0.05) is 13.2 Å². The molecule has 0 spiro atoms. The van der Waals surface area contributed by atoms with Gasteiger partial charge >= 0.3 is 0 Å². The van der Waals surface area contributed by atoms with Crippen molar-refractivity contribution < 1.29 is 9.47 Å². The summed E-state index contributed by atoms with van der Waals surface area (Å²) in [6.45, 7) is 0.317. The van der Waals surface area contributed by atoms with E-state index in [2.05, 4.69) is 15.5 Å². The Morgan fingerprint density at radius 1 is 1.47 bits per heavy atom. The molecule has 0 bridgehead atoms. The Kier molecular flexibility index (Phi) is 2.59. The largest absolute Gasteiger partial charge is 0.619 e. The molecule has 0 atom stereocenters. The summed E-state index contributed by atoms with van der Waals surface area (Å²) >= 11 is 0. The second-order valence-corrected chi connectivity index (χ2v) is 2.94. The van der Waals surface area contributed by atoms with E-state index < -0.39 is 0 Å². The Morgan fingerprint density at radius 2 is 2.33 bits per heavy atom. The minimum Gasteiger partial charge on any atom is -0.619 e. The van der Waals surface area contributed by atoms with Crippen LogP contribution in [0.2, 0.25) is 0 Å². The van der Waals surface area contributed by atoms with Crippen LogP contribution in [0.5, 0.6) is 0 Å². The minimum absolute atomic E-state index is 0.317. The first-order chi connectivity index (χ1) is 7.29. The maximum atomic E-state index is 11.0. The summed E-state index contributed by atoms with van der Waals surface area (Å²) in [4.78, 5) is 0. The molecule has 2 heterocycles. The summed E-state index contributed by atoms with van der Waals surface area (Å²) in [6, 6.07) is 3.39. The van der Waals surface area contributed by atoms with E-state index in [0.29, 0.717) is 28.6 Å². The molecule has 0 aliphatic carbocycles. The Bertz CT molecular complexity index is 428. The van der Waals surface area contributed by atoms with Gasteiger partial charge in [-0.1, -0.05) is 0 Å². The third kappa shape index (κ3) is 2.10. The standard InChI is InChI=1S/C9H9N4O2/c1-15-6-8-10-9(12-11-8)7-3-2-4-13(14)5-7/h2-5H,6H2,1H3. The van der Waals surface area contributed by atoms with Gasteiger partial charge in [0.15, 0.2) is 24.1 Å². The molecule has 2 rings (SSSR count). The first-order valence-corrected chi connectivity index (χ1v) is 4.34. The Morgan fingerprint density at radius 3 is 3.07 bits per heavy atom. The Labute approximate surface area is 86.5 Å². The van der Waals surface area contributed by atoms with E-state index in [4.69, 9.17) is 4.74 Å². The maximum Gasteiger partial charge on any atom is 0.191 e. The number of nitrogens with zero attached hydrogens (tertiary/aromatic N) is 4. The van der Waals surface area contributed by atoms with Gasteiger partial charge in [-0.25, -0.2) is 5.32 Å². The topological polar surface area (TPSA) is 75.0 Å². The van der Waals surface area contributed by atoms with E-state index in [9.17, 15) is 5.21 Å². The van der Waals surface area contributed by atoms with Crippen molar-refractivity contribution in [2.24, 2.45) is 10.2 Å². The van der Waals surface area contributed by atoms with Crippen LogP contribution >= 0.6 is 0 Å². The number of amidine groups is 2. The van der Waals surface area contributed by atoms with Crippen molar-refractivity contribution in [3.05, 3.63) is 35.3 Å². The van der Waals surface area contributed by atoms with Crippen molar-refractivity contribution in [3.8, 4) is 0 Å². The van der Waals surface area contributed by atoms with Crippen LogP contribution in [0.4, 0.5) is 0 Å². The molecular weight excluding hydrogens is 196 g/mol. The molecule has 0 fully saturated rings. The third-order valence-electron chi connectivity index (χ3n) is 1.80. The minimum atomic E-state index is 0.317. The van der Waals surface area contributed by atoms with Gasteiger partial charge in [-0.15, -0.1) is 10.2 Å². The highest BCUT2D eigenvalue weighted by Gasteiger charge is 2.16. The van der Waals surface area contributed by atoms with Gasteiger partial charge in [-0.2, -0.15) is 4.73 Å². The molecule has 0 saturated carbocycles. The molecule has 0 saturated heterocycles. The van der Waals surface area contributed by atoms with Crippen LogP contribution in [0.3, 0.4) is 0 Å². The third-order valence-corrected chi connectivity index (χ3v) is 1.80. The second-order valence-electron chi connectivity index (χ2n) is 2.94. The quantitative estimate of drug-likeness (QED) is 0.499. The van der Waals surface area contributed by atoms with Gasteiger partial charge in [-0.3, -0.25) is 0 Å². The van der Waals surface area contributed by atoms with Crippen molar-refractivity contribution in [3.63, 3.8) is 0 Å². The summed E-state index contributed by atoms with van der Waals surface area (Å²) in [5, 5.41) is 22.8. The smallest absolute Gasteiger partial charge is 0.191 e. The molecule has 1 aliphatic rings. The van der Waals surface area contributed by atoms with Crippen molar-refractivity contribution in [1.29, 1.82) is 0 Å². The fraction of sp³-hybridized carbons (Fsp3) is 0.222. The van der Waals surface area contributed by atoms with Crippen LogP contribution in [-0.2, 0) is 4.74 Å². The molecular formula is C9H9N4O2. The Hall–Kier alpha value is -1.95. The van der Waals surface area contributed by atoms with Gasteiger partial charge in [-0.05, 0) is 6.07 Å². The molecule has 1 aliphatic heterocycles. The molecule has 6 heteroatoms. The van der Waals surface area contributed by atoms with Crippen LogP contribution in [0.15, 0.2) is 34.7 Å². The highest BCUT2D eigenvalue weighted by atomic mass is 16.5. The van der Waals surface area contributed by atoms with E-state index in [1.165, 1.54) is 12.4 Å².